The van der Waals surface area contributed by atoms with Crippen LogP contribution in [0.5, 0.6) is 0 Å². The average molecular weight is 1030 g/mol. The van der Waals surface area contributed by atoms with E-state index in [1.807, 2.05) is 11.8 Å². The first kappa shape index (κ1) is 47.3. The standard InChI is InChI=1S/C76H58N2S/c1-49-25-34-57(35-26-49)77(60-38-29-50-15-5-7-17-53(50)45-60)58-36-27-52(28-37-58)55-31-43-66-70(47-55)76(68-21-11-13-23-71(68)79-72-24-14-12-22-69(72)76)74-65-44-42-62(48-67(65)63-19-9-10-20-64(63)73(66)74)78(59-40-32-56(33-41-59)75(2,3)4)61-39-30-51-16-6-8-18-54(51)46-61/h5-48,63-64H,1-4H3. The summed E-state index contributed by atoms with van der Waals surface area (Å²) in [6, 6.07) is 91.7. The van der Waals surface area contributed by atoms with Crippen LogP contribution in [0.25, 0.3) is 43.8 Å². The topological polar surface area (TPSA) is 6.48 Å². The van der Waals surface area contributed by atoms with Gasteiger partial charge in [-0.3, -0.25) is 0 Å². The number of anilines is 6. The van der Waals surface area contributed by atoms with E-state index in [2.05, 4.69) is 304 Å². The van der Waals surface area contributed by atoms with E-state index in [4.69, 9.17) is 0 Å². The lowest BCUT2D eigenvalue weighted by Gasteiger charge is -2.44. The van der Waals surface area contributed by atoms with Crippen LogP contribution in [0.4, 0.5) is 34.1 Å². The molecule has 4 aliphatic rings. The molecule has 15 rings (SSSR count). The molecule has 0 fully saturated rings. The number of aryl methyl sites for hydroxylation is 1. The fourth-order valence-corrected chi connectivity index (χ4v) is 14.7. The molecule has 0 saturated heterocycles. The van der Waals surface area contributed by atoms with Crippen molar-refractivity contribution < 1.29 is 0 Å². The monoisotopic (exact) mass is 1030 g/mol. The highest BCUT2D eigenvalue weighted by atomic mass is 32.2. The predicted octanol–water partition coefficient (Wildman–Crippen LogP) is 20.8. The SMILES string of the molecule is Cc1ccc(N(c2ccc(-c3ccc4c(c3)C3(C5=C4C4C=CC=CC4c4cc(N(c6ccc(C(C)(C)C)cc6)c6ccc7ccccc7c6)ccc45)c4ccccc4Sc4ccccc43)cc2)c2ccc3ccccc3c2)cc1. The van der Waals surface area contributed by atoms with Crippen LogP contribution < -0.4 is 9.80 Å². The molecule has 1 spiro atoms. The van der Waals surface area contributed by atoms with Crippen LogP contribution in [0.15, 0.2) is 277 Å². The maximum atomic E-state index is 2.56. The third-order valence-electron chi connectivity index (χ3n) is 17.3. The number of fused-ring (bicyclic) bond motifs is 15. The Bertz CT molecular complexity index is 4300. The maximum absolute atomic E-state index is 2.56. The Hall–Kier alpha value is -8.89. The van der Waals surface area contributed by atoms with E-state index >= 15 is 0 Å². The highest BCUT2D eigenvalue weighted by Gasteiger charge is 2.55. The number of hydrogen-bond donors (Lipinski definition) is 0. The van der Waals surface area contributed by atoms with Gasteiger partial charge in [0.1, 0.15) is 0 Å². The lowest BCUT2D eigenvalue weighted by molar-refractivity contribution is 0.590. The lowest BCUT2D eigenvalue weighted by Crippen LogP contribution is -2.34. The van der Waals surface area contributed by atoms with Crippen molar-refractivity contribution >= 4 is 78.6 Å². The number of hydrogen-bond acceptors (Lipinski definition) is 3. The van der Waals surface area contributed by atoms with E-state index < -0.39 is 5.41 Å². The van der Waals surface area contributed by atoms with E-state index in [-0.39, 0.29) is 17.3 Å². The minimum Gasteiger partial charge on any atom is -0.310 e. The van der Waals surface area contributed by atoms with E-state index in [0.717, 1.165) is 34.1 Å². The van der Waals surface area contributed by atoms with Crippen LogP contribution in [0.2, 0.25) is 0 Å². The molecule has 0 aromatic heterocycles. The summed E-state index contributed by atoms with van der Waals surface area (Å²) in [5.41, 5.74) is 22.2. The lowest BCUT2D eigenvalue weighted by atomic mass is 9.61. The van der Waals surface area contributed by atoms with Crippen molar-refractivity contribution in [3.05, 3.63) is 311 Å². The Morgan fingerprint density at radius 3 is 1.47 bits per heavy atom. The zero-order valence-electron chi connectivity index (χ0n) is 44.9. The molecule has 2 atom stereocenters. The molecule has 0 radical (unpaired) electrons. The van der Waals surface area contributed by atoms with Crippen molar-refractivity contribution in [1.29, 1.82) is 0 Å². The van der Waals surface area contributed by atoms with Gasteiger partial charge in [-0.15, -0.1) is 0 Å². The van der Waals surface area contributed by atoms with Crippen molar-refractivity contribution in [2.24, 2.45) is 5.92 Å². The molecule has 0 bridgehead atoms. The van der Waals surface area contributed by atoms with E-state index in [0.29, 0.717) is 0 Å². The Labute approximate surface area is 468 Å². The van der Waals surface area contributed by atoms with Crippen molar-refractivity contribution in [3.8, 4) is 11.1 Å². The van der Waals surface area contributed by atoms with E-state index in [9.17, 15) is 0 Å². The summed E-state index contributed by atoms with van der Waals surface area (Å²) in [5.74, 6) is 0.265. The van der Waals surface area contributed by atoms with Crippen LogP contribution in [-0.2, 0) is 10.8 Å². The molecule has 0 saturated carbocycles. The van der Waals surface area contributed by atoms with Crippen molar-refractivity contribution in [2.45, 2.75) is 54.2 Å². The second-order valence-electron chi connectivity index (χ2n) is 22.9. The number of benzene rings is 11. The summed E-state index contributed by atoms with van der Waals surface area (Å²) < 4.78 is 0. The van der Waals surface area contributed by atoms with Crippen LogP contribution in [-0.4, -0.2) is 0 Å². The average Bonchev–Trinajstić information content (AvgIpc) is 2.03. The summed E-state index contributed by atoms with van der Waals surface area (Å²) in [6.07, 6.45) is 9.51. The fraction of sp³-hybridized carbons (Fsp3) is 0.105. The highest BCUT2D eigenvalue weighted by molar-refractivity contribution is 7.99. The van der Waals surface area contributed by atoms with Crippen LogP contribution in [0.3, 0.4) is 0 Å². The molecule has 378 valence electrons. The van der Waals surface area contributed by atoms with Gasteiger partial charge in [0, 0.05) is 55.8 Å². The molecule has 3 heteroatoms. The number of rotatable bonds is 7. The van der Waals surface area contributed by atoms with Gasteiger partial charge in [-0.25, -0.2) is 0 Å². The molecule has 1 aliphatic heterocycles. The zero-order valence-corrected chi connectivity index (χ0v) is 45.7. The third-order valence-corrected chi connectivity index (χ3v) is 18.4. The molecule has 3 aliphatic carbocycles. The molecule has 2 nitrogen and oxygen atoms in total. The van der Waals surface area contributed by atoms with Gasteiger partial charge in [0.05, 0.1) is 5.41 Å². The normalized spacial score (nSPS) is 16.3. The fourth-order valence-electron chi connectivity index (χ4n) is 13.5. The molecule has 11 aromatic carbocycles. The van der Waals surface area contributed by atoms with Crippen molar-refractivity contribution in [3.63, 3.8) is 0 Å². The smallest absolute Gasteiger partial charge is 0.0738 e. The molecule has 1 heterocycles. The zero-order chi connectivity index (χ0) is 53.0. The summed E-state index contributed by atoms with van der Waals surface area (Å²) in [4.78, 5) is 7.47. The second-order valence-corrected chi connectivity index (χ2v) is 24.0. The highest BCUT2D eigenvalue weighted by Crippen LogP contribution is 2.68. The van der Waals surface area contributed by atoms with E-state index in [1.54, 1.807) is 0 Å². The molecular weight excluding hydrogens is 973 g/mol. The maximum Gasteiger partial charge on any atom is 0.0738 e. The first-order valence-electron chi connectivity index (χ1n) is 27.8. The Kier molecular flexibility index (Phi) is 11.0. The van der Waals surface area contributed by atoms with Gasteiger partial charge >= 0.3 is 0 Å². The van der Waals surface area contributed by atoms with Crippen LogP contribution in [0, 0.1) is 12.8 Å². The summed E-state index contributed by atoms with van der Waals surface area (Å²) >= 11 is 1.91. The van der Waals surface area contributed by atoms with E-state index in [1.165, 1.54) is 98.1 Å². The van der Waals surface area contributed by atoms with Crippen molar-refractivity contribution in [2.75, 3.05) is 9.80 Å². The van der Waals surface area contributed by atoms with Gasteiger partial charge < -0.3 is 9.80 Å². The molecule has 11 aromatic rings. The van der Waals surface area contributed by atoms with Gasteiger partial charge in [-0.1, -0.05) is 214 Å². The Balaban J connectivity index is 0.914. The molecule has 79 heavy (non-hydrogen) atoms. The predicted molar refractivity (Wildman–Crippen MR) is 334 cm³/mol. The largest absolute Gasteiger partial charge is 0.310 e. The molecule has 2 unspecified atom stereocenters. The molecule has 0 amide bonds. The quantitative estimate of drug-likeness (QED) is 0.157. The van der Waals surface area contributed by atoms with Gasteiger partial charge in [0.2, 0.25) is 0 Å². The van der Waals surface area contributed by atoms with Gasteiger partial charge in [-0.2, -0.15) is 0 Å². The third kappa shape index (κ3) is 7.62. The minimum atomic E-state index is -0.589. The van der Waals surface area contributed by atoms with Crippen LogP contribution in [0.1, 0.15) is 71.2 Å². The molecule has 0 N–H and O–H groups in total. The minimum absolute atomic E-state index is 0.0389. The first-order valence-corrected chi connectivity index (χ1v) is 28.6. The van der Waals surface area contributed by atoms with Gasteiger partial charge in [0.25, 0.3) is 0 Å². The number of allylic oxidation sites excluding steroid dienone is 6. The summed E-state index contributed by atoms with van der Waals surface area (Å²) in [6.45, 7) is 9.03. The van der Waals surface area contributed by atoms with Crippen molar-refractivity contribution in [1.82, 2.24) is 0 Å². The second kappa shape index (κ2) is 18.4. The van der Waals surface area contributed by atoms with Crippen LogP contribution >= 0.6 is 11.8 Å². The summed E-state index contributed by atoms with van der Waals surface area (Å²) in [5, 5.41) is 4.92. The Morgan fingerprint density at radius 1 is 0.392 bits per heavy atom. The van der Waals surface area contributed by atoms with Gasteiger partial charge in [0.15, 0.2) is 0 Å². The first-order chi connectivity index (χ1) is 38.7. The van der Waals surface area contributed by atoms with Gasteiger partial charge in [-0.05, 0) is 186 Å². The Morgan fingerprint density at radius 2 is 0.861 bits per heavy atom. The molecular formula is C76H58N2S. The number of nitrogens with zero attached hydrogens (tertiary/aromatic N) is 2. The summed E-state index contributed by atoms with van der Waals surface area (Å²) in [7, 11) is 0.